The van der Waals surface area contributed by atoms with Crippen LogP contribution in [0.5, 0.6) is 0 Å². The summed E-state index contributed by atoms with van der Waals surface area (Å²) in [7, 11) is 0. The van der Waals surface area contributed by atoms with Crippen LogP contribution in [-0.2, 0) is 4.79 Å². The van der Waals surface area contributed by atoms with E-state index in [1.807, 2.05) is 19.9 Å². The Morgan fingerprint density at radius 3 is 2.75 bits per heavy atom. The number of hydrogen-bond acceptors (Lipinski definition) is 3. The molecule has 12 heavy (non-hydrogen) atoms. The van der Waals surface area contributed by atoms with Gasteiger partial charge in [-0.05, 0) is 25.5 Å². The lowest BCUT2D eigenvalue weighted by Gasteiger charge is -2.03. The van der Waals surface area contributed by atoms with Crippen LogP contribution in [0.4, 0.5) is 0 Å². The van der Waals surface area contributed by atoms with Crippen LogP contribution in [0.3, 0.4) is 0 Å². The summed E-state index contributed by atoms with van der Waals surface area (Å²) in [5.41, 5.74) is 2.08. The number of carbonyl (C=O) groups excluding carboxylic acids is 1. The summed E-state index contributed by atoms with van der Waals surface area (Å²) in [5, 5.41) is 0.115. The maximum Gasteiger partial charge on any atom is 0.190 e. The number of thioether (sulfide) groups is 1. The highest BCUT2D eigenvalue weighted by Crippen LogP contribution is 2.23. The van der Waals surface area contributed by atoms with Crippen molar-refractivity contribution >= 4 is 16.9 Å². The number of nitrogens with zero attached hydrogens (tertiary/aromatic N) is 1. The molecule has 2 nitrogen and oxygen atoms in total. The van der Waals surface area contributed by atoms with E-state index in [2.05, 4.69) is 4.98 Å². The van der Waals surface area contributed by atoms with Gasteiger partial charge in [0.15, 0.2) is 5.12 Å². The molecule has 1 heterocycles. The molecule has 0 aliphatic carbocycles. The van der Waals surface area contributed by atoms with E-state index < -0.39 is 0 Å². The average molecular weight is 181 g/mol. The summed E-state index contributed by atoms with van der Waals surface area (Å²) in [5.74, 6) is 0. The molecule has 0 saturated heterocycles. The van der Waals surface area contributed by atoms with Crippen LogP contribution in [-0.4, -0.2) is 10.1 Å². The fraction of sp³-hybridized carbons (Fsp3) is 0.333. The fourth-order valence-electron chi connectivity index (χ4n) is 0.882. The summed E-state index contributed by atoms with van der Waals surface area (Å²) in [6, 6.07) is 1.87. The Morgan fingerprint density at radius 1 is 1.50 bits per heavy atom. The van der Waals surface area contributed by atoms with Crippen molar-refractivity contribution in [3.05, 3.63) is 23.5 Å². The molecule has 0 spiro atoms. The van der Waals surface area contributed by atoms with Gasteiger partial charge in [0, 0.05) is 23.7 Å². The van der Waals surface area contributed by atoms with Gasteiger partial charge in [0.25, 0.3) is 0 Å². The van der Waals surface area contributed by atoms with Crippen molar-refractivity contribution in [2.45, 2.75) is 25.7 Å². The Kier molecular flexibility index (Phi) is 2.87. The third-order valence-electron chi connectivity index (χ3n) is 1.66. The number of carbonyl (C=O) groups is 1. The van der Waals surface area contributed by atoms with Crippen molar-refractivity contribution in [3.8, 4) is 0 Å². The molecule has 0 aromatic carbocycles. The molecule has 3 heteroatoms. The second-order valence-corrected chi connectivity index (χ2v) is 3.83. The molecule has 64 valence electrons. The molecule has 0 radical (unpaired) electrons. The smallest absolute Gasteiger partial charge is 0.190 e. The summed E-state index contributed by atoms with van der Waals surface area (Å²) in [4.78, 5) is 16.0. The van der Waals surface area contributed by atoms with Gasteiger partial charge in [-0.15, -0.1) is 0 Å². The van der Waals surface area contributed by atoms with Crippen LogP contribution in [0.25, 0.3) is 0 Å². The maximum absolute atomic E-state index is 10.8. The minimum Gasteiger partial charge on any atom is -0.287 e. The SMILES string of the molecule is CC(=O)Sc1ccnc(C)c1C. The summed E-state index contributed by atoms with van der Waals surface area (Å²) < 4.78 is 0. The first-order valence-corrected chi connectivity index (χ1v) is 4.53. The van der Waals surface area contributed by atoms with E-state index in [0.29, 0.717) is 0 Å². The van der Waals surface area contributed by atoms with Crippen molar-refractivity contribution in [1.29, 1.82) is 0 Å². The Labute approximate surface area is 76.4 Å². The van der Waals surface area contributed by atoms with Gasteiger partial charge < -0.3 is 0 Å². The first-order chi connectivity index (χ1) is 5.61. The maximum atomic E-state index is 10.8. The molecule has 0 aliphatic heterocycles. The van der Waals surface area contributed by atoms with Crippen molar-refractivity contribution in [2.75, 3.05) is 0 Å². The van der Waals surface area contributed by atoms with E-state index in [0.717, 1.165) is 16.2 Å². The highest BCUT2D eigenvalue weighted by Gasteiger charge is 2.04. The number of pyridine rings is 1. The topological polar surface area (TPSA) is 30.0 Å². The zero-order chi connectivity index (χ0) is 9.14. The molecule has 0 bridgehead atoms. The fourth-order valence-corrected chi connectivity index (χ4v) is 1.62. The first-order valence-electron chi connectivity index (χ1n) is 3.72. The Bertz CT molecular complexity index is 309. The number of hydrogen-bond donors (Lipinski definition) is 0. The Morgan fingerprint density at radius 2 is 2.17 bits per heavy atom. The van der Waals surface area contributed by atoms with Gasteiger partial charge >= 0.3 is 0 Å². The molecule has 1 rings (SSSR count). The van der Waals surface area contributed by atoms with Crippen molar-refractivity contribution in [3.63, 3.8) is 0 Å². The van der Waals surface area contributed by atoms with Crippen LogP contribution >= 0.6 is 11.8 Å². The zero-order valence-corrected chi connectivity index (χ0v) is 8.23. The van der Waals surface area contributed by atoms with E-state index in [4.69, 9.17) is 0 Å². The van der Waals surface area contributed by atoms with Crippen LogP contribution in [0.1, 0.15) is 18.2 Å². The monoisotopic (exact) mass is 181 g/mol. The van der Waals surface area contributed by atoms with Gasteiger partial charge in [0.1, 0.15) is 0 Å². The molecule has 0 atom stereocenters. The van der Waals surface area contributed by atoms with E-state index in [1.165, 1.54) is 11.8 Å². The first kappa shape index (κ1) is 9.26. The molecule has 1 aromatic rings. The molecular formula is C9H11NOS. The minimum absolute atomic E-state index is 0.115. The predicted octanol–water partition coefficient (Wildman–Crippen LogP) is 2.34. The molecule has 0 saturated carbocycles. The summed E-state index contributed by atoms with van der Waals surface area (Å²) in [6.07, 6.45) is 1.73. The standard InChI is InChI=1S/C9H11NOS/c1-6-7(2)10-5-4-9(6)12-8(3)11/h4-5H,1-3H3. The third-order valence-corrected chi connectivity index (χ3v) is 2.61. The molecule has 0 aliphatic rings. The van der Waals surface area contributed by atoms with Crippen LogP contribution < -0.4 is 0 Å². The van der Waals surface area contributed by atoms with Gasteiger partial charge in [-0.2, -0.15) is 0 Å². The molecular weight excluding hydrogens is 170 g/mol. The predicted molar refractivity (Wildman–Crippen MR) is 50.2 cm³/mol. The van der Waals surface area contributed by atoms with Crippen molar-refractivity contribution < 1.29 is 4.79 Å². The summed E-state index contributed by atoms with van der Waals surface area (Å²) >= 11 is 1.26. The Balaban J connectivity index is 3.00. The van der Waals surface area contributed by atoms with Crippen molar-refractivity contribution in [1.82, 2.24) is 4.98 Å². The quantitative estimate of drug-likeness (QED) is 0.623. The molecule has 0 amide bonds. The average Bonchev–Trinajstić information content (AvgIpc) is 1.98. The normalized spacial score (nSPS) is 9.92. The van der Waals surface area contributed by atoms with Crippen molar-refractivity contribution in [2.24, 2.45) is 0 Å². The van der Waals surface area contributed by atoms with Gasteiger partial charge in [0.2, 0.25) is 0 Å². The third kappa shape index (κ3) is 2.08. The molecule has 0 fully saturated rings. The molecule has 1 aromatic heterocycles. The van der Waals surface area contributed by atoms with Gasteiger partial charge in [-0.1, -0.05) is 11.8 Å². The number of aromatic nitrogens is 1. The summed E-state index contributed by atoms with van der Waals surface area (Å²) in [6.45, 7) is 5.49. The van der Waals surface area contributed by atoms with Crippen LogP contribution in [0.2, 0.25) is 0 Å². The van der Waals surface area contributed by atoms with Gasteiger partial charge in [0.05, 0.1) is 0 Å². The lowest BCUT2D eigenvalue weighted by Crippen LogP contribution is -1.90. The second-order valence-electron chi connectivity index (χ2n) is 2.61. The second kappa shape index (κ2) is 3.72. The highest BCUT2D eigenvalue weighted by atomic mass is 32.2. The van der Waals surface area contributed by atoms with Crippen LogP contribution in [0.15, 0.2) is 17.2 Å². The largest absolute Gasteiger partial charge is 0.287 e. The minimum atomic E-state index is 0.115. The zero-order valence-electron chi connectivity index (χ0n) is 7.42. The Hall–Kier alpha value is -0.830. The lowest BCUT2D eigenvalue weighted by molar-refractivity contribution is -0.109. The van der Waals surface area contributed by atoms with E-state index in [1.54, 1.807) is 13.1 Å². The lowest BCUT2D eigenvalue weighted by atomic mass is 10.2. The van der Waals surface area contributed by atoms with E-state index >= 15 is 0 Å². The number of aryl methyl sites for hydroxylation is 1. The highest BCUT2D eigenvalue weighted by molar-refractivity contribution is 8.13. The number of rotatable bonds is 1. The van der Waals surface area contributed by atoms with E-state index in [-0.39, 0.29) is 5.12 Å². The molecule has 0 N–H and O–H groups in total. The van der Waals surface area contributed by atoms with E-state index in [9.17, 15) is 4.79 Å². The van der Waals surface area contributed by atoms with Gasteiger partial charge in [-0.3, -0.25) is 9.78 Å². The molecule has 0 unspecified atom stereocenters. The van der Waals surface area contributed by atoms with Gasteiger partial charge in [-0.25, -0.2) is 0 Å². The van der Waals surface area contributed by atoms with Crippen LogP contribution in [0, 0.1) is 13.8 Å².